The van der Waals surface area contributed by atoms with E-state index in [1.807, 2.05) is 16.9 Å². The summed E-state index contributed by atoms with van der Waals surface area (Å²) in [5.74, 6) is 0. The lowest BCUT2D eigenvalue weighted by Crippen LogP contribution is -2.28. The Labute approximate surface area is 73.0 Å². The molecule has 0 aliphatic rings. The summed E-state index contributed by atoms with van der Waals surface area (Å²) < 4.78 is 1.92. The summed E-state index contributed by atoms with van der Waals surface area (Å²) in [6, 6.07) is 1.93. The molecule has 0 amide bonds. The number of hydrogen-bond acceptors (Lipinski definition) is 3. The predicted octanol–water partition coefficient (Wildman–Crippen LogP) is -0.226. The summed E-state index contributed by atoms with van der Waals surface area (Å²) in [5, 5.41) is 4.11. The van der Waals surface area contributed by atoms with Gasteiger partial charge in [-0.3, -0.25) is 4.68 Å². The third-order valence-electron chi connectivity index (χ3n) is 1.78. The highest BCUT2D eigenvalue weighted by molar-refractivity contribution is 4.77. The number of nitrogens with zero attached hydrogens (tertiary/aromatic N) is 3. The molecule has 12 heavy (non-hydrogen) atoms. The van der Waals surface area contributed by atoms with Gasteiger partial charge < -0.3 is 10.6 Å². The van der Waals surface area contributed by atoms with Gasteiger partial charge in [-0.1, -0.05) is 0 Å². The first-order valence-corrected chi connectivity index (χ1v) is 4.19. The normalized spacial score (nSPS) is 10.9. The zero-order chi connectivity index (χ0) is 8.81. The van der Waals surface area contributed by atoms with Gasteiger partial charge in [0.15, 0.2) is 0 Å². The second kappa shape index (κ2) is 4.90. The van der Waals surface area contributed by atoms with Gasteiger partial charge in [0.1, 0.15) is 0 Å². The lowest BCUT2D eigenvalue weighted by molar-refractivity contribution is 0.320. The van der Waals surface area contributed by atoms with Crippen LogP contribution < -0.4 is 5.73 Å². The summed E-state index contributed by atoms with van der Waals surface area (Å²) in [4.78, 5) is 2.20. The number of likely N-dealkylation sites (N-methyl/N-ethyl adjacent to an activating group) is 1. The molecule has 1 aromatic heterocycles. The van der Waals surface area contributed by atoms with Crippen molar-refractivity contribution in [1.29, 1.82) is 0 Å². The molecule has 1 rings (SSSR count). The van der Waals surface area contributed by atoms with E-state index in [4.69, 9.17) is 5.73 Å². The molecule has 0 saturated carbocycles. The van der Waals surface area contributed by atoms with E-state index in [1.165, 1.54) is 0 Å². The molecule has 0 atom stereocenters. The summed E-state index contributed by atoms with van der Waals surface area (Å²) in [5.41, 5.74) is 5.41. The highest BCUT2D eigenvalue weighted by Crippen LogP contribution is 1.86. The zero-order valence-corrected chi connectivity index (χ0v) is 7.48. The third-order valence-corrected chi connectivity index (χ3v) is 1.78. The number of nitrogens with two attached hydrogens (primary N) is 1. The minimum atomic E-state index is 0.718. The molecule has 4 heteroatoms. The SMILES string of the molecule is CN(CCN)CCn1cccn1. The molecule has 68 valence electrons. The van der Waals surface area contributed by atoms with Crippen molar-refractivity contribution in [2.24, 2.45) is 5.73 Å². The van der Waals surface area contributed by atoms with Gasteiger partial charge in [-0.2, -0.15) is 5.10 Å². The average Bonchev–Trinajstić information content (AvgIpc) is 2.53. The molecule has 0 saturated heterocycles. The van der Waals surface area contributed by atoms with E-state index < -0.39 is 0 Å². The molecular weight excluding hydrogens is 152 g/mol. The predicted molar refractivity (Wildman–Crippen MR) is 48.8 cm³/mol. The Morgan fingerprint density at radius 3 is 2.92 bits per heavy atom. The Balaban J connectivity index is 2.17. The van der Waals surface area contributed by atoms with E-state index in [9.17, 15) is 0 Å². The summed E-state index contributed by atoms with van der Waals surface area (Å²) in [6.07, 6.45) is 3.76. The fourth-order valence-electron chi connectivity index (χ4n) is 1.04. The van der Waals surface area contributed by atoms with Crippen LogP contribution in [0.3, 0.4) is 0 Å². The molecule has 0 fully saturated rings. The topological polar surface area (TPSA) is 47.1 Å². The molecule has 0 bridgehead atoms. The van der Waals surface area contributed by atoms with Crippen LogP contribution in [0.15, 0.2) is 18.5 Å². The Morgan fingerprint density at radius 1 is 1.50 bits per heavy atom. The fourth-order valence-corrected chi connectivity index (χ4v) is 1.04. The molecule has 0 aliphatic carbocycles. The van der Waals surface area contributed by atoms with Crippen LogP contribution in [-0.2, 0) is 6.54 Å². The summed E-state index contributed by atoms with van der Waals surface area (Å²) in [6.45, 7) is 3.60. The summed E-state index contributed by atoms with van der Waals surface area (Å²) >= 11 is 0. The van der Waals surface area contributed by atoms with Gasteiger partial charge in [0.25, 0.3) is 0 Å². The average molecular weight is 168 g/mol. The first kappa shape index (κ1) is 9.22. The van der Waals surface area contributed by atoms with Gasteiger partial charge in [0, 0.05) is 32.0 Å². The maximum absolute atomic E-state index is 5.41. The first-order chi connectivity index (χ1) is 5.83. The van der Waals surface area contributed by atoms with Crippen molar-refractivity contribution < 1.29 is 0 Å². The largest absolute Gasteiger partial charge is 0.329 e. The van der Waals surface area contributed by atoms with Crippen molar-refractivity contribution in [3.05, 3.63) is 18.5 Å². The molecule has 0 unspecified atom stereocenters. The Morgan fingerprint density at radius 2 is 2.33 bits per heavy atom. The highest BCUT2D eigenvalue weighted by Gasteiger charge is 1.96. The quantitative estimate of drug-likeness (QED) is 0.661. The minimum Gasteiger partial charge on any atom is -0.329 e. The fraction of sp³-hybridized carbons (Fsp3) is 0.625. The molecule has 0 radical (unpaired) electrons. The van der Waals surface area contributed by atoms with E-state index in [0.29, 0.717) is 0 Å². The number of rotatable bonds is 5. The van der Waals surface area contributed by atoms with Gasteiger partial charge in [-0.05, 0) is 13.1 Å². The highest BCUT2D eigenvalue weighted by atomic mass is 15.3. The zero-order valence-electron chi connectivity index (χ0n) is 7.48. The van der Waals surface area contributed by atoms with Crippen LogP contribution in [0.2, 0.25) is 0 Å². The Kier molecular flexibility index (Phi) is 3.76. The molecule has 1 aromatic rings. The number of hydrogen-bond donors (Lipinski definition) is 1. The van der Waals surface area contributed by atoms with Crippen molar-refractivity contribution in [3.8, 4) is 0 Å². The molecule has 0 aliphatic heterocycles. The van der Waals surface area contributed by atoms with Crippen LogP contribution in [0.1, 0.15) is 0 Å². The van der Waals surface area contributed by atoms with E-state index in [2.05, 4.69) is 17.0 Å². The van der Waals surface area contributed by atoms with Crippen molar-refractivity contribution in [3.63, 3.8) is 0 Å². The van der Waals surface area contributed by atoms with Crippen LogP contribution in [0.4, 0.5) is 0 Å². The van der Waals surface area contributed by atoms with E-state index in [0.717, 1.165) is 26.2 Å². The van der Waals surface area contributed by atoms with Crippen LogP contribution >= 0.6 is 0 Å². The Bertz CT molecular complexity index is 195. The van der Waals surface area contributed by atoms with Crippen molar-refractivity contribution >= 4 is 0 Å². The summed E-state index contributed by atoms with van der Waals surface area (Å²) in [7, 11) is 2.07. The van der Waals surface area contributed by atoms with Crippen LogP contribution in [0, 0.1) is 0 Å². The van der Waals surface area contributed by atoms with Gasteiger partial charge >= 0.3 is 0 Å². The van der Waals surface area contributed by atoms with Crippen molar-refractivity contribution in [2.45, 2.75) is 6.54 Å². The lowest BCUT2D eigenvalue weighted by Gasteiger charge is -2.14. The maximum atomic E-state index is 5.41. The van der Waals surface area contributed by atoms with Crippen molar-refractivity contribution in [1.82, 2.24) is 14.7 Å². The molecule has 0 aromatic carbocycles. The van der Waals surface area contributed by atoms with Gasteiger partial charge in [0.2, 0.25) is 0 Å². The molecule has 0 spiro atoms. The van der Waals surface area contributed by atoms with Gasteiger partial charge in [-0.15, -0.1) is 0 Å². The standard InChI is InChI=1S/C8H16N4/c1-11(6-3-9)7-8-12-5-2-4-10-12/h2,4-5H,3,6-9H2,1H3. The number of aromatic nitrogens is 2. The smallest absolute Gasteiger partial charge is 0.0536 e. The van der Waals surface area contributed by atoms with Crippen LogP contribution in [0.25, 0.3) is 0 Å². The monoisotopic (exact) mass is 168 g/mol. The van der Waals surface area contributed by atoms with E-state index in [-0.39, 0.29) is 0 Å². The van der Waals surface area contributed by atoms with Crippen LogP contribution in [-0.4, -0.2) is 41.4 Å². The second-order valence-electron chi connectivity index (χ2n) is 2.86. The molecule has 1 heterocycles. The maximum Gasteiger partial charge on any atom is 0.0536 e. The molecule has 4 nitrogen and oxygen atoms in total. The molecule has 2 N–H and O–H groups in total. The van der Waals surface area contributed by atoms with Crippen molar-refractivity contribution in [2.75, 3.05) is 26.7 Å². The molecular formula is C8H16N4. The Hall–Kier alpha value is -0.870. The first-order valence-electron chi connectivity index (χ1n) is 4.19. The van der Waals surface area contributed by atoms with Crippen LogP contribution in [0.5, 0.6) is 0 Å². The van der Waals surface area contributed by atoms with E-state index in [1.54, 1.807) is 6.20 Å². The minimum absolute atomic E-state index is 0.718. The third kappa shape index (κ3) is 3.02. The second-order valence-corrected chi connectivity index (χ2v) is 2.86. The lowest BCUT2D eigenvalue weighted by atomic mass is 10.5. The van der Waals surface area contributed by atoms with Gasteiger partial charge in [0.05, 0.1) is 6.54 Å². The van der Waals surface area contributed by atoms with Gasteiger partial charge in [-0.25, -0.2) is 0 Å². The van der Waals surface area contributed by atoms with E-state index >= 15 is 0 Å².